The van der Waals surface area contributed by atoms with E-state index in [2.05, 4.69) is 10.2 Å². The number of halogens is 1. The highest BCUT2D eigenvalue weighted by Gasteiger charge is 2.11. The summed E-state index contributed by atoms with van der Waals surface area (Å²) < 4.78 is 5.11. The number of rotatable bonds is 4. The predicted molar refractivity (Wildman–Crippen MR) is 68.3 cm³/mol. The largest absolute Gasteiger partial charge is 0.497 e. The van der Waals surface area contributed by atoms with Crippen LogP contribution in [0.3, 0.4) is 0 Å². The molecule has 1 heterocycles. The molecular formula is C12H14ClN3O. The lowest BCUT2D eigenvalue weighted by Gasteiger charge is -2.06. The van der Waals surface area contributed by atoms with Crippen LogP contribution >= 0.6 is 11.6 Å². The molecule has 5 heteroatoms. The number of nitrogens with one attached hydrogen (secondary N) is 1. The molecule has 0 spiro atoms. The quantitative estimate of drug-likeness (QED) is 0.876. The average molecular weight is 252 g/mol. The summed E-state index contributed by atoms with van der Waals surface area (Å²) in [7, 11) is 1.61. The standard InChI is InChI=1S/C12H14ClN3O/c1-17-9-2-3-10(11(13)6-9)12-8(4-5-14)7-15-16-12/h2-3,6-7H,4-5,14H2,1H3,(H,15,16). The lowest BCUT2D eigenvalue weighted by Crippen LogP contribution is -2.02. The van der Waals surface area contributed by atoms with Gasteiger partial charge in [0.25, 0.3) is 0 Å². The third-order valence-electron chi connectivity index (χ3n) is 2.58. The van der Waals surface area contributed by atoms with Crippen LogP contribution in [0, 0.1) is 0 Å². The third kappa shape index (κ3) is 2.43. The summed E-state index contributed by atoms with van der Waals surface area (Å²) in [5.74, 6) is 0.735. The number of aromatic nitrogens is 2. The van der Waals surface area contributed by atoms with Crippen LogP contribution in [0.15, 0.2) is 24.4 Å². The Labute approximate surface area is 105 Å². The summed E-state index contributed by atoms with van der Waals surface area (Å²) in [4.78, 5) is 0. The molecule has 3 N–H and O–H groups in total. The number of hydrogen-bond donors (Lipinski definition) is 2. The van der Waals surface area contributed by atoms with Crippen molar-refractivity contribution in [2.24, 2.45) is 5.73 Å². The van der Waals surface area contributed by atoms with Gasteiger partial charge in [-0.3, -0.25) is 5.10 Å². The summed E-state index contributed by atoms with van der Waals surface area (Å²) in [5.41, 5.74) is 8.45. The second kappa shape index (κ2) is 5.21. The average Bonchev–Trinajstić information content (AvgIpc) is 2.77. The van der Waals surface area contributed by atoms with Crippen molar-refractivity contribution in [3.8, 4) is 17.0 Å². The monoisotopic (exact) mass is 251 g/mol. The number of benzene rings is 1. The van der Waals surface area contributed by atoms with Gasteiger partial charge in [0.15, 0.2) is 0 Å². The van der Waals surface area contributed by atoms with Crippen molar-refractivity contribution in [3.05, 3.63) is 35.0 Å². The maximum atomic E-state index is 6.21. The van der Waals surface area contributed by atoms with E-state index in [9.17, 15) is 0 Å². The molecule has 2 aromatic rings. The van der Waals surface area contributed by atoms with Crippen LogP contribution in [0.25, 0.3) is 11.3 Å². The van der Waals surface area contributed by atoms with E-state index < -0.39 is 0 Å². The highest BCUT2D eigenvalue weighted by molar-refractivity contribution is 6.33. The third-order valence-corrected chi connectivity index (χ3v) is 2.89. The van der Waals surface area contributed by atoms with Crippen LogP contribution in [0.5, 0.6) is 5.75 Å². The molecule has 0 aliphatic carbocycles. The highest BCUT2D eigenvalue weighted by Crippen LogP contribution is 2.31. The fourth-order valence-corrected chi connectivity index (χ4v) is 1.98. The van der Waals surface area contributed by atoms with Crippen molar-refractivity contribution in [3.63, 3.8) is 0 Å². The maximum Gasteiger partial charge on any atom is 0.120 e. The molecule has 90 valence electrons. The molecule has 2 rings (SSSR count). The fraction of sp³-hybridized carbons (Fsp3) is 0.250. The minimum Gasteiger partial charge on any atom is -0.497 e. The molecule has 0 saturated heterocycles. The van der Waals surface area contributed by atoms with Crippen LogP contribution in [0.4, 0.5) is 0 Å². The van der Waals surface area contributed by atoms with Gasteiger partial charge in [-0.1, -0.05) is 11.6 Å². The van der Waals surface area contributed by atoms with E-state index in [1.54, 1.807) is 19.4 Å². The highest BCUT2D eigenvalue weighted by atomic mass is 35.5. The Kier molecular flexibility index (Phi) is 3.66. The van der Waals surface area contributed by atoms with E-state index in [1.807, 2.05) is 12.1 Å². The van der Waals surface area contributed by atoms with Gasteiger partial charge in [-0.05, 0) is 36.7 Å². The second-order valence-corrected chi connectivity index (χ2v) is 4.06. The van der Waals surface area contributed by atoms with E-state index in [0.717, 1.165) is 29.0 Å². The van der Waals surface area contributed by atoms with Gasteiger partial charge in [0.05, 0.1) is 24.0 Å². The summed E-state index contributed by atoms with van der Waals surface area (Å²) >= 11 is 6.21. The van der Waals surface area contributed by atoms with Gasteiger partial charge in [-0.2, -0.15) is 5.10 Å². The Morgan fingerprint density at radius 1 is 1.47 bits per heavy atom. The number of aromatic amines is 1. The fourth-order valence-electron chi connectivity index (χ4n) is 1.71. The molecule has 0 atom stereocenters. The van der Waals surface area contributed by atoms with Crippen molar-refractivity contribution < 1.29 is 4.74 Å². The first-order chi connectivity index (χ1) is 8.26. The first-order valence-electron chi connectivity index (χ1n) is 5.32. The Morgan fingerprint density at radius 3 is 2.94 bits per heavy atom. The van der Waals surface area contributed by atoms with E-state index in [4.69, 9.17) is 22.1 Å². The van der Waals surface area contributed by atoms with Gasteiger partial charge >= 0.3 is 0 Å². The molecule has 1 aromatic heterocycles. The topological polar surface area (TPSA) is 63.9 Å². The summed E-state index contributed by atoms with van der Waals surface area (Å²) in [6, 6.07) is 5.56. The van der Waals surface area contributed by atoms with Gasteiger partial charge < -0.3 is 10.5 Å². The van der Waals surface area contributed by atoms with Gasteiger partial charge in [0.2, 0.25) is 0 Å². The molecule has 0 saturated carbocycles. The molecule has 0 bridgehead atoms. The smallest absolute Gasteiger partial charge is 0.120 e. The predicted octanol–water partition coefficient (Wildman–Crippen LogP) is 2.24. The SMILES string of the molecule is COc1ccc(-c2[nH]ncc2CCN)c(Cl)c1. The van der Waals surface area contributed by atoms with Crippen LogP contribution in [-0.2, 0) is 6.42 Å². The van der Waals surface area contributed by atoms with Crippen molar-refractivity contribution in [1.82, 2.24) is 10.2 Å². The van der Waals surface area contributed by atoms with Crippen LogP contribution in [0.2, 0.25) is 5.02 Å². The first-order valence-corrected chi connectivity index (χ1v) is 5.70. The molecule has 0 aliphatic rings. The zero-order chi connectivity index (χ0) is 12.3. The minimum atomic E-state index is 0.584. The normalized spacial score (nSPS) is 10.5. The van der Waals surface area contributed by atoms with Gasteiger partial charge in [0, 0.05) is 5.56 Å². The zero-order valence-corrected chi connectivity index (χ0v) is 10.3. The lowest BCUT2D eigenvalue weighted by molar-refractivity contribution is 0.415. The molecule has 0 radical (unpaired) electrons. The maximum absolute atomic E-state index is 6.21. The van der Waals surface area contributed by atoms with Crippen molar-refractivity contribution in [2.45, 2.75) is 6.42 Å². The Morgan fingerprint density at radius 2 is 2.29 bits per heavy atom. The van der Waals surface area contributed by atoms with Crippen molar-refractivity contribution >= 4 is 11.6 Å². The van der Waals surface area contributed by atoms with Gasteiger partial charge in [0.1, 0.15) is 5.75 Å². The number of hydrogen-bond acceptors (Lipinski definition) is 3. The molecule has 0 aliphatic heterocycles. The zero-order valence-electron chi connectivity index (χ0n) is 9.53. The number of nitrogens with zero attached hydrogens (tertiary/aromatic N) is 1. The van der Waals surface area contributed by atoms with Crippen LogP contribution < -0.4 is 10.5 Å². The lowest BCUT2D eigenvalue weighted by atomic mass is 10.1. The molecule has 0 fully saturated rings. The Hall–Kier alpha value is -1.52. The Bertz CT molecular complexity index is 510. The molecule has 0 unspecified atom stereocenters. The number of methoxy groups -OCH3 is 1. The Balaban J connectivity index is 2.42. The molecular weight excluding hydrogens is 238 g/mol. The first kappa shape index (κ1) is 12.0. The van der Waals surface area contributed by atoms with Gasteiger partial charge in [-0.25, -0.2) is 0 Å². The van der Waals surface area contributed by atoms with Crippen LogP contribution in [-0.4, -0.2) is 23.9 Å². The number of ether oxygens (including phenoxy) is 1. The summed E-state index contributed by atoms with van der Waals surface area (Å²) in [5, 5.41) is 7.62. The number of H-pyrrole nitrogens is 1. The van der Waals surface area contributed by atoms with Crippen molar-refractivity contribution in [2.75, 3.05) is 13.7 Å². The van der Waals surface area contributed by atoms with E-state index in [1.165, 1.54) is 0 Å². The van der Waals surface area contributed by atoms with Crippen LogP contribution in [0.1, 0.15) is 5.56 Å². The summed E-state index contributed by atoms with van der Waals surface area (Å²) in [6.07, 6.45) is 2.55. The second-order valence-electron chi connectivity index (χ2n) is 3.65. The van der Waals surface area contributed by atoms with Gasteiger partial charge in [-0.15, -0.1) is 0 Å². The van der Waals surface area contributed by atoms with E-state index in [0.29, 0.717) is 11.6 Å². The summed E-state index contributed by atoms with van der Waals surface area (Å²) in [6.45, 7) is 0.584. The molecule has 1 aromatic carbocycles. The minimum absolute atomic E-state index is 0.584. The van der Waals surface area contributed by atoms with Crippen molar-refractivity contribution in [1.29, 1.82) is 0 Å². The molecule has 17 heavy (non-hydrogen) atoms. The van der Waals surface area contributed by atoms with E-state index >= 15 is 0 Å². The number of nitrogens with two attached hydrogens (primary N) is 1. The van der Waals surface area contributed by atoms with E-state index in [-0.39, 0.29) is 0 Å². The molecule has 0 amide bonds. The molecule has 4 nitrogen and oxygen atoms in total.